The minimum Gasteiger partial charge on any atom is -0.480 e. The lowest BCUT2D eigenvalue weighted by atomic mass is 9.82. The number of carboxylic acids is 1. The second kappa shape index (κ2) is 10.1. The van der Waals surface area contributed by atoms with Gasteiger partial charge >= 0.3 is 12.1 Å². The molecule has 7 heteroatoms. The number of carbonyl (C=O) groups is 3. The second-order valence-electron chi connectivity index (χ2n) is 9.97. The molecule has 0 bridgehead atoms. The fourth-order valence-corrected chi connectivity index (χ4v) is 5.73. The smallest absolute Gasteiger partial charge is 0.407 e. The molecule has 0 aromatic heterocycles. The summed E-state index contributed by atoms with van der Waals surface area (Å²) in [5.41, 5.74) is 4.71. The van der Waals surface area contributed by atoms with Crippen LogP contribution < -0.4 is 5.32 Å². The third-order valence-electron chi connectivity index (χ3n) is 7.61. The fraction of sp³-hybridized carbons (Fsp3) is 0.464. The molecule has 0 spiro atoms. The summed E-state index contributed by atoms with van der Waals surface area (Å²) in [4.78, 5) is 38.4. The third-order valence-corrected chi connectivity index (χ3v) is 7.61. The Morgan fingerprint density at radius 2 is 1.54 bits per heavy atom. The van der Waals surface area contributed by atoms with Gasteiger partial charge < -0.3 is 20.1 Å². The number of carboxylic acid groups (broad SMARTS) is 1. The van der Waals surface area contributed by atoms with Crippen LogP contribution in [0.4, 0.5) is 4.79 Å². The summed E-state index contributed by atoms with van der Waals surface area (Å²) < 4.78 is 5.72. The summed E-state index contributed by atoms with van der Waals surface area (Å²) in [6, 6.07) is 16.4. The van der Waals surface area contributed by atoms with Crippen molar-refractivity contribution < 1.29 is 24.2 Å². The maximum atomic E-state index is 12.9. The molecule has 2 N–H and O–H groups in total. The van der Waals surface area contributed by atoms with Crippen LogP contribution in [0.1, 0.15) is 62.0 Å². The molecule has 2 fully saturated rings. The minimum absolute atomic E-state index is 0.000000687. The van der Waals surface area contributed by atoms with E-state index in [9.17, 15) is 19.5 Å². The summed E-state index contributed by atoms with van der Waals surface area (Å²) >= 11 is 0. The second-order valence-corrected chi connectivity index (χ2v) is 9.97. The van der Waals surface area contributed by atoms with E-state index in [0.29, 0.717) is 0 Å². The Balaban J connectivity index is 1.20. The zero-order valence-electron chi connectivity index (χ0n) is 19.8. The molecule has 0 radical (unpaired) electrons. The molecule has 7 nitrogen and oxygen atoms in total. The number of nitrogens with one attached hydrogen (secondary N) is 1. The number of hydrogen-bond acceptors (Lipinski definition) is 4. The lowest BCUT2D eigenvalue weighted by Gasteiger charge is -2.33. The third kappa shape index (κ3) is 5.19. The number of fused-ring (bicyclic) bond motifs is 3. The van der Waals surface area contributed by atoms with Crippen molar-refractivity contribution in [1.82, 2.24) is 10.2 Å². The fourth-order valence-electron chi connectivity index (χ4n) is 5.73. The summed E-state index contributed by atoms with van der Waals surface area (Å²) in [7, 11) is 0. The lowest BCUT2D eigenvalue weighted by molar-refractivity contribution is -0.145. The molecular formula is C28H32N2O5. The van der Waals surface area contributed by atoms with Gasteiger partial charge in [0, 0.05) is 24.4 Å². The number of alkyl carbamates (subject to hydrolysis) is 1. The number of ether oxygens (including phenoxy) is 1. The van der Waals surface area contributed by atoms with E-state index in [1.807, 2.05) is 24.3 Å². The standard InChI is InChI=1S/C28H32N2O5/c31-26(30(16-27(32)33)19-13-14-19)15-18-7-1-6-12-25(18)29-28(34)35-17-24-22-10-4-2-8-20(22)21-9-3-5-11-23(21)24/h2-5,8-11,18-19,24-25H,1,6-7,12-17H2,(H,29,34)(H,32,33). The highest BCUT2D eigenvalue weighted by molar-refractivity contribution is 5.82. The molecule has 0 saturated heterocycles. The first-order valence-electron chi connectivity index (χ1n) is 12.6. The van der Waals surface area contributed by atoms with Crippen molar-refractivity contribution in [3.05, 3.63) is 59.7 Å². The van der Waals surface area contributed by atoms with Gasteiger partial charge in [0.05, 0.1) is 0 Å². The Hall–Kier alpha value is -3.35. The van der Waals surface area contributed by atoms with E-state index >= 15 is 0 Å². The van der Waals surface area contributed by atoms with E-state index in [2.05, 4.69) is 29.6 Å². The van der Waals surface area contributed by atoms with Crippen molar-refractivity contribution in [3.63, 3.8) is 0 Å². The van der Waals surface area contributed by atoms with Crippen LogP contribution in [0.25, 0.3) is 11.1 Å². The molecule has 2 aromatic rings. The van der Waals surface area contributed by atoms with Gasteiger partial charge in [-0.25, -0.2) is 4.79 Å². The molecule has 5 rings (SSSR count). The highest BCUT2D eigenvalue weighted by Gasteiger charge is 2.37. The first-order chi connectivity index (χ1) is 17.0. The number of aliphatic carboxylic acids is 1. The zero-order chi connectivity index (χ0) is 24.4. The number of benzene rings is 2. The highest BCUT2D eigenvalue weighted by atomic mass is 16.5. The van der Waals surface area contributed by atoms with Gasteiger partial charge in [0.1, 0.15) is 13.2 Å². The zero-order valence-corrected chi connectivity index (χ0v) is 19.8. The molecule has 3 aliphatic carbocycles. The number of amides is 2. The molecular weight excluding hydrogens is 444 g/mol. The number of nitrogens with zero attached hydrogens (tertiary/aromatic N) is 1. The highest BCUT2D eigenvalue weighted by Crippen LogP contribution is 2.44. The molecule has 2 amide bonds. The topological polar surface area (TPSA) is 95.9 Å². The molecule has 0 heterocycles. The van der Waals surface area contributed by atoms with E-state index in [4.69, 9.17) is 4.74 Å². The summed E-state index contributed by atoms with van der Waals surface area (Å²) in [5, 5.41) is 12.2. The Labute approximate surface area is 205 Å². The Morgan fingerprint density at radius 3 is 2.17 bits per heavy atom. The van der Waals surface area contributed by atoms with Crippen molar-refractivity contribution in [1.29, 1.82) is 0 Å². The van der Waals surface area contributed by atoms with Crippen molar-refractivity contribution >= 4 is 18.0 Å². The van der Waals surface area contributed by atoms with Crippen molar-refractivity contribution in [2.24, 2.45) is 5.92 Å². The van der Waals surface area contributed by atoms with Crippen LogP contribution in [-0.2, 0) is 14.3 Å². The van der Waals surface area contributed by atoms with Gasteiger partial charge in [0.25, 0.3) is 0 Å². The number of rotatable bonds is 8. The normalized spacial score (nSPS) is 21.0. The van der Waals surface area contributed by atoms with E-state index in [0.717, 1.165) is 38.5 Å². The van der Waals surface area contributed by atoms with Gasteiger partial charge in [-0.3, -0.25) is 9.59 Å². The molecule has 184 valence electrons. The summed E-state index contributed by atoms with van der Waals surface area (Å²) in [6.07, 6.45) is 5.16. The maximum Gasteiger partial charge on any atom is 0.407 e. The Morgan fingerprint density at radius 1 is 0.914 bits per heavy atom. The lowest BCUT2D eigenvalue weighted by Crippen LogP contribution is -2.45. The van der Waals surface area contributed by atoms with Gasteiger partial charge in [-0.1, -0.05) is 61.4 Å². The van der Waals surface area contributed by atoms with Crippen LogP contribution in [0.3, 0.4) is 0 Å². The molecule has 35 heavy (non-hydrogen) atoms. The van der Waals surface area contributed by atoms with Gasteiger partial charge in [-0.15, -0.1) is 0 Å². The summed E-state index contributed by atoms with van der Waals surface area (Å²) in [6.45, 7) is 0.00490. The molecule has 2 unspecified atom stereocenters. The van der Waals surface area contributed by atoms with Gasteiger partial charge in [-0.2, -0.15) is 0 Å². The van der Waals surface area contributed by atoms with Crippen LogP contribution in [-0.4, -0.2) is 53.2 Å². The molecule has 2 aromatic carbocycles. The van der Waals surface area contributed by atoms with Crippen molar-refractivity contribution in [2.45, 2.75) is 62.9 Å². The minimum atomic E-state index is -0.984. The quantitative estimate of drug-likeness (QED) is 0.583. The van der Waals surface area contributed by atoms with Crippen LogP contribution >= 0.6 is 0 Å². The van der Waals surface area contributed by atoms with E-state index in [-0.39, 0.29) is 49.4 Å². The monoisotopic (exact) mass is 476 g/mol. The van der Waals surface area contributed by atoms with E-state index < -0.39 is 12.1 Å². The van der Waals surface area contributed by atoms with Crippen molar-refractivity contribution in [2.75, 3.05) is 13.2 Å². The molecule has 2 atom stereocenters. The van der Waals surface area contributed by atoms with E-state index in [1.165, 1.54) is 27.2 Å². The van der Waals surface area contributed by atoms with Crippen LogP contribution in [0.5, 0.6) is 0 Å². The SMILES string of the molecule is O=C(O)CN(C(=O)CC1CCCCC1NC(=O)OCC1c2ccccc2-c2ccccc21)C1CC1. The average molecular weight is 477 g/mol. The van der Waals surface area contributed by atoms with Gasteiger partial charge in [0.2, 0.25) is 5.91 Å². The number of hydrogen-bond donors (Lipinski definition) is 2. The maximum absolute atomic E-state index is 12.9. The average Bonchev–Trinajstić information content (AvgIpc) is 3.65. The van der Waals surface area contributed by atoms with Gasteiger partial charge in [0.15, 0.2) is 0 Å². The van der Waals surface area contributed by atoms with Crippen molar-refractivity contribution in [3.8, 4) is 11.1 Å². The predicted octanol–water partition coefficient (Wildman–Crippen LogP) is 4.55. The molecule has 3 aliphatic rings. The van der Waals surface area contributed by atoms with Crippen LogP contribution in [0.2, 0.25) is 0 Å². The summed E-state index contributed by atoms with van der Waals surface area (Å²) in [5.74, 6) is -1.12. The van der Waals surface area contributed by atoms with Gasteiger partial charge in [-0.05, 0) is 53.9 Å². The Kier molecular flexibility index (Phi) is 6.75. The largest absolute Gasteiger partial charge is 0.480 e. The van der Waals surface area contributed by atoms with E-state index in [1.54, 1.807) is 0 Å². The van der Waals surface area contributed by atoms with Crippen LogP contribution in [0.15, 0.2) is 48.5 Å². The molecule has 2 saturated carbocycles. The first kappa shape index (κ1) is 23.4. The predicted molar refractivity (Wildman–Crippen MR) is 131 cm³/mol. The Bertz CT molecular complexity index is 1070. The molecule has 0 aliphatic heterocycles. The first-order valence-corrected chi connectivity index (χ1v) is 12.6. The number of carbonyl (C=O) groups excluding carboxylic acids is 2. The van der Waals surface area contributed by atoms with Crippen LogP contribution in [0, 0.1) is 5.92 Å².